The summed E-state index contributed by atoms with van der Waals surface area (Å²) in [6.07, 6.45) is 5.56. The SMILES string of the molecule is CC.CC.COc1ccc2c(O[C@@H]3C[C@H]4C(=O)N[C@]5(C(=O)NS(=O)(=O)C6CC6)C[C@H]5/C=C\CC[C@H](C)C[C@@H](C)C(NC(=O)OC(C)(C)C)C(=O)N4C3)nc(N(C)C)cc2c1.[HH].[HH].[HH]. The topological polar surface area (TPSA) is 186 Å². The van der Waals surface area contributed by atoms with Crippen LogP contribution in [-0.2, 0) is 29.1 Å². The number of hydrogen-bond acceptors (Lipinski definition) is 11. The monoisotopic (exact) mass is 863 g/mol. The Bertz CT molecular complexity index is 2010. The molecule has 4 aliphatic rings. The highest BCUT2D eigenvalue weighted by Crippen LogP contribution is 2.46. The summed E-state index contributed by atoms with van der Waals surface area (Å²) in [5.74, 6) is -0.993. The van der Waals surface area contributed by atoms with Gasteiger partial charge >= 0.3 is 6.09 Å². The maximum Gasteiger partial charge on any atom is 0.408 e. The van der Waals surface area contributed by atoms with Gasteiger partial charge in [-0.25, -0.2) is 13.2 Å². The lowest BCUT2D eigenvalue weighted by Gasteiger charge is -2.33. The second-order valence-corrected chi connectivity index (χ2v) is 19.1. The van der Waals surface area contributed by atoms with Crippen LogP contribution in [0.4, 0.5) is 10.6 Å². The molecule has 15 nitrogen and oxygen atoms in total. The van der Waals surface area contributed by atoms with Crippen LogP contribution in [0.5, 0.6) is 11.6 Å². The molecule has 2 aliphatic carbocycles. The van der Waals surface area contributed by atoms with Crippen LogP contribution in [0, 0.1) is 17.8 Å². The number of amides is 4. The van der Waals surface area contributed by atoms with Crippen molar-refractivity contribution < 1.29 is 46.1 Å². The van der Waals surface area contributed by atoms with Crippen molar-refractivity contribution in [3.63, 3.8) is 0 Å². The minimum atomic E-state index is -3.91. The minimum Gasteiger partial charge on any atom is -0.497 e. The fourth-order valence-electron chi connectivity index (χ4n) is 7.73. The van der Waals surface area contributed by atoms with Crippen LogP contribution in [0.15, 0.2) is 36.4 Å². The molecule has 7 atom stereocenters. The molecule has 0 bridgehead atoms. The number of anilines is 1. The summed E-state index contributed by atoms with van der Waals surface area (Å²) >= 11 is 0. The van der Waals surface area contributed by atoms with Crippen LogP contribution < -0.4 is 29.7 Å². The Morgan fingerprint density at radius 1 is 1.03 bits per heavy atom. The summed E-state index contributed by atoms with van der Waals surface area (Å²) in [4.78, 5) is 64.5. The number of sulfonamides is 1. The summed E-state index contributed by atoms with van der Waals surface area (Å²) in [6.45, 7) is 17.2. The van der Waals surface area contributed by atoms with Gasteiger partial charge in [0.15, 0.2) is 0 Å². The van der Waals surface area contributed by atoms with E-state index in [2.05, 4.69) is 22.3 Å². The Kier molecular flexibility index (Phi) is 15.9. The highest BCUT2D eigenvalue weighted by Gasteiger charge is 2.62. The molecule has 2 saturated carbocycles. The van der Waals surface area contributed by atoms with Crippen LogP contribution in [0.1, 0.15) is 112 Å². The van der Waals surface area contributed by atoms with Gasteiger partial charge in [0.25, 0.3) is 5.91 Å². The van der Waals surface area contributed by atoms with Crippen molar-refractivity contribution in [2.45, 2.75) is 142 Å². The number of nitrogens with zero attached hydrogens (tertiary/aromatic N) is 3. The highest BCUT2D eigenvalue weighted by molar-refractivity contribution is 7.91. The number of alkyl carbamates (subject to hydrolysis) is 1. The number of carbonyl (C=O) groups is 4. The molecular formula is C44H74N6O9S. The largest absolute Gasteiger partial charge is 0.497 e. The van der Waals surface area contributed by atoms with Crippen molar-refractivity contribution in [2.24, 2.45) is 17.8 Å². The van der Waals surface area contributed by atoms with Gasteiger partial charge in [-0.05, 0) is 101 Å². The van der Waals surface area contributed by atoms with Crippen LogP contribution in [0.2, 0.25) is 0 Å². The van der Waals surface area contributed by atoms with Crippen molar-refractivity contribution in [2.75, 3.05) is 32.6 Å². The van der Waals surface area contributed by atoms with Gasteiger partial charge < -0.3 is 34.6 Å². The van der Waals surface area contributed by atoms with E-state index in [4.69, 9.17) is 19.2 Å². The first kappa shape index (κ1) is 48.1. The lowest BCUT2D eigenvalue weighted by Crippen LogP contribution is -2.59. The van der Waals surface area contributed by atoms with Crippen LogP contribution in [-0.4, -0.2) is 104 Å². The third kappa shape index (κ3) is 11.6. The number of allylic oxidation sites excluding steroid dienone is 1. The number of pyridine rings is 1. The van der Waals surface area contributed by atoms with Gasteiger partial charge in [-0.2, -0.15) is 4.98 Å². The smallest absolute Gasteiger partial charge is 0.408 e. The van der Waals surface area contributed by atoms with E-state index >= 15 is 0 Å². The van der Waals surface area contributed by atoms with Crippen molar-refractivity contribution in [1.29, 1.82) is 0 Å². The molecule has 3 heterocycles. The fourth-order valence-corrected chi connectivity index (χ4v) is 9.09. The molecule has 0 radical (unpaired) electrons. The zero-order valence-corrected chi connectivity index (χ0v) is 38.4. The molecule has 340 valence electrons. The molecule has 0 spiro atoms. The standard InChI is InChI=1S/C40H56N6O9S.2C2H6.3H2/c1-23-11-9-10-12-26-21-40(26,37(49)44-56(51,52)29-14-15-29)43-34(47)31-20-28(22-46(31)36(48)33(24(2)17-23)42-38(50)55-39(3,4)5)54-35-30-16-13-27(53-8)18-25(30)19-32(41-35)45(6)7;2*1-2;;;/h10,12-13,16,18-19,23-24,26,28-29,31,33H,9,11,14-15,17,20-22H2,1-8H3,(H,42,50)(H,43,47)(H,44,49);2*1-2H3;3*1H/b12-10-;;;;;/t23-,24+,26+,28+,31-,33?,40+;;;;;/m0...../s1. The third-order valence-corrected chi connectivity index (χ3v) is 12.8. The molecule has 1 aromatic heterocycles. The number of rotatable bonds is 8. The summed E-state index contributed by atoms with van der Waals surface area (Å²) in [5, 5.41) is 6.60. The molecule has 60 heavy (non-hydrogen) atoms. The number of ether oxygens (including phenoxy) is 3. The Balaban J connectivity index is 0.00000276. The Hall–Kier alpha value is -4.60. The molecular weight excluding hydrogens is 789 g/mol. The van der Waals surface area contributed by atoms with Gasteiger partial charge in [-0.3, -0.25) is 19.1 Å². The number of hydrogen-bond donors (Lipinski definition) is 3. The first-order chi connectivity index (χ1) is 28.3. The Morgan fingerprint density at radius 3 is 2.33 bits per heavy atom. The van der Waals surface area contributed by atoms with E-state index < -0.39 is 74.3 Å². The summed E-state index contributed by atoms with van der Waals surface area (Å²) in [7, 11) is 1.39. The molecule has 2 aromatic rings. The van der Waals surface area contributed by atoms with Gasteiger partial charge in [0, 0.05) is 36.1 Å². The first-order valence-corrected chi connectivity index (χ1v) is 23.0. The maximum absolute atomic E-state index is 14.8. The van der Waals surface area contributed by atoms with E-state index in [0.717, 1.165) is 11.8 Å². The average molecular weight is 863 g/mol. The molecule has 1 unspecified atom stereocenters. The second-order valence-electron chi connectivity index (χ2n) is 17.1. The van der Waals surface area contributed by atoms with E-state index in [1.165, 1.54) is 4.90 Å². The van der Waals surface area contributed by atoms with Gasteiger partial charge in [-0.15, -0.1) is 0 Å². The normalized spacial score (nSPS) is 27.4. The van der Waals surface area contributed by atoms with E-state index in [9.17, 15) is 27.6 Å². The van der Waals surface area contributed by atoms with Crippen molar-refractivity contribution in [3.05, 3.63) is 36.4 Å². The number of benzene rings is 1. The molecule has 4 amide bonds. The molecule has 6 rings (SSSR count). The third-order valence-electron chi connectivity index (χ3n) is 11.0. The lowest BCUT2D eigenvalue weighted by molar-refractivity contribution is -0.142. The molecule has 2 aliphatic heterocycles. The zero-order chi connectivity index (χ0) is 44.7. The van der Waals surface area contributed by atoms with E-state index in [1.54, 1.807) is 33.9 Å². The number of fused-ring (bicyclic) bond motifs is 3. The van der Waals surface area contributed by atoms with Crippen molar-refractivity contribution >= 4 is 50.4 Å². The molecule has 1 aromatic carbocycles. The predicted octanol–water partition coefficient (Wildman–Crippen LogP) is 6.84. The predicted molar refractivity (Wildman–Crippen MR) is 240 cm³/mol. The first-order valence-electron chi connectivity index (χ1n) is 21.5. The van der Waals surface area contributed by atoms with Gasteiger partial charge in [-0.1, -0.05) is 53.7 Å². The van der Waals surface area contributed by atoms with E-state index in [0.29, 0.717) is 48.5 Å². The number of aromatic nitrogens is 1. The quantitative estimate of drug-likeness (QED) is 0.236. The fraction of sp³-hybridized carbons (Fsp3) is 0.659. The Labute approximate surface area is 361 Å². The van der Waals surface area contributed by atoms with Crippen LogP contribution in [0.3, 0.4) is 0 Å². The minimum absolute atomic E-state index is 0. The molecule has 16 heteroatoms. The van der Waals surface area contributed by atoms with Crippen LogP contribution >= 0.6 is 0 Å². The maximum atomic E-state index is 14.8. The lowest BCUT2D eigenvalue weighted by atomic mass is 9.88. The van der Waals surface area contributed by atoms with Crippen LogP contribution in [0.25, 0.3) is 10.8 Å². The molecule has 3 N–H and O–H groups in total. The molecule has 1 saturated heterocycles. The van der Waals surface area contributed by atoms with Gasteiger partial charge in [0.2, 0.25) is 27.7 Å². The Morgan fingerprint density at radius 2 is 1.72 bits per heavy atom. The number of methoxy groups -OCH3 is 1. The number of nitrogens with one attached hydrogen (secondary N) is 3. The zero-order valence-electron chi connectivity index (χ0n) is 37.6. The highest BCUT2D eigenvalue weighted by atomic mass is 32.2. The average Bonchev–Trinajstić information content (AvgIpc) is 4.12. The van der Waals surface area contributed by atoms with Gasteiger partial charge in [0.05, 0.1) is 18.9 Å². The van der Waals surface area contributed by atoms with Gasteiger partial charge in [0.1, 0.15) is 40.9 Å². The molecule has 3 fully saturated rings. The summed E-state index contributed by atoms with van der Waals surface area (Å²) in [5.41, 5.74) is -2.35. The summed E-state index contributed by atoms with van der Waals surface area (Å²) < 4.78 is 45.7. The van der Waals surface area contributed by atoms with E-state index in [1.807, 2.05) is 84.0 Å². The second kappa shape index (κ2) is 19.9. The number of carbonyl (C=O) groups excluding carboxylic acids is 4. The van der Waals surface area contributed by atoms with E-state index in [-0.39, 0.29) is 35.5 Å². The van der Waals surface area contributed by atoms with Crippen molar-refractivity contribution in [3.8, 4) is 11.6 Å². The summed E-state index contributed by atoms with van der Waals surface area (Å²) in [6, 6.07) is 5.22. The van der Waals surface area contributed by atoms with Crippen molar-refractivity contribution in [1.82, 2.24) is 25.2 Å².